The third kappa shape index (κ3) is 4.15. The molecule has 0 aromatic carbocycles. The molecule has 10 nitrogen and oxygen atoms in total. The van der Waals surface area contributed by atoms with Crippen LogP contribution in [0.25, 0.3) is 0 Å². The maximum atomic E-state index is 12.4. The molecule has 138 valence electrons. The van der Waals surface area contributed by atoms with Gasteiger partial charge in [0.2, 0.25) is 11.8 Å². The van der Waals surface area contributed by atoms with Crippen LogP contribution in [0, 0.1) is 6.92 Å². The van der Waals surface area contributed by atoms with Crippen molar-refractivity contribution in [2.75, 3.05) is 26.2 Å². The Hall–Kier alpha value is -2.46. The fraction of sp³-hybridized carbons (Fsp3) is 0.600. The van der Waals surface area contributed by atoms with Crippen LogP contribution in [0.5, 0.6) is 0 Å². The van der Waals surface area contributed by atoms with E-state index in [0.717, 1.165) is 4.57 Å². The van der Waals surface area contributed by atoms with Gasteiger partial charge in [-0.05, 0) is 13.8 Å². The van der Waals surface area contributed by atoms with Gasteiger partial charge >= 0.3 is 5.69 Å². The second-order valence-electron chi connectivity index (χ2n) is 6.21. The number of aromatic nitrogens is 2. The summed E-state index contributed by atoms with van der Waals surface area (Å²) in [6, 6.07) is -1.22. The quantitative estimate of drug-likeness (QED) is 0.535. The van der Waals surface area contributed by atoms with Gasteiger partial charge in [0.25, 0.3) is 5.56 Å². The third-order valence-electron chi connectivity index (χ3n) is 4.27. The number of carbonyl (C=O) groups excluding carboxylic acids is 2. The number of aromatic amines is 1. The summed E-state index contributed by atoms with van der Waals surface area (Å²) in [4.78, 5) is 52.9. The molecule has 2 unspecified atom stereocenters. The molecule has 1 fully saturated rings. The number of piperazine rings is 1. The molecule has 1 saturated heterocycles. The predicted octanol–water partition coefficient (Wildman–Crippen LogP) is -2.78. The van der Waals surface area contributed by atoms with Crippen LogP contribution in [-0.2, 0) is 16.1 Å². The number of amides is 2. The number of carbonyl (C=O) groups is 2. The van der Waals surface area contributed by atoms with Crippen LogP contribution in [0.2, 0.25) is 0 Å². The van der Waals surface area contributed by atoms with E-state index >= 15 is 0 Å². The van der Waals surface area contributed by atoms with Gasteiger partial charge in [0.1, 0.15) is 12.6 Å². The normalized spacial score (nSPS) is 19.0. The van der Waals surface area contributed by atoms with E-state index in [-0.39, 0.29) is 24.4 Å². The second-order valence-corrected chi connectivity index (χ2v) is 6.21. The number of aliphatic hydroxyl groups is 1. The van der Waals surface area contributed by atoms with Gasteiger partial charge in [-0.25, -0.2) is 4.79 Å². The molecule has 0 aliphatic carbocycles. The van der Waals surface area contributed by atoms with Gasteiger partial charge in [-0.1, -0.05) is 0 Å². The Kier molecular flexibility index (Phi) is 5.75. The number of aliphatic hydroxyl groups excluding tert-OH is 1. The van der Waals surface area contributed by atoms with Crippen LogP contribution in [0.3, 0.4) is 0 Å². The van der Waals surface area contributed by atoms with E-state index < -0.39 is 23.9 Å². The van der Waals surface area contributed by atoms with E-state index in [9.17, 15) is 19.2 Å². The van der Waals surface area contributed by atoms with E-state index in [1.165, 1.54) is 6.20 Å². The SMILES string of the molecule is Cc1cn(CC(=O)N2CCN(C(=O)C(N)CO)C(C)C2)c(=O)[nH]c1=O. The Bertz CT molecular complexity index is 770. The third-order valence-corrected chi connectivity index (χ3v) is 4.27. The molecule has 1 aromatic rings. The largest absolute Gasteiger partial charge is 0.394 e. The maximum Gasteiger partial charge on any atom is 0.328 e. The molecule has 2 rings (SSSR count). The van der Waals surface area contributed by atoms with E-state index in [1.54, 1.807) is 23.6 Å². The van der Waals surface area contributed by atoms with Crippen molar-refractivity contribution in [2.24, 2.45) is 5.73 Å². The van der Waals surface area contributed by atoms with Gasteiger partial charge in [-0.15, -0.1) is 0 Å². The molecule has 0 radical (unpaired) electrons. The van der Waals surface area contributed by atoms with Crippen molar-refractivity contribution in [2.45, 2.75) is 32.5 Å². The summed E-state index contributed by atoms with van der Waals surface area (Å²) in [5.74, 6) is -0.631. The van der Waals surface area contributed by atoms with Crippen molar-refractivity contribution in [3.63, 3.8) is 0 Å². The molecule has 0 bridgehead atoms. The zero-order valence-electron chi connectivity index (χ0n) is 14.3. The average molecular weight is 353 g/mol. The number of hydrogen-bond donors (Lipinski definition) is 3. The first-order chi connectivity index (χ1) is 11.7. The minimum Gasteiger partial charge on any atom is -0.394 e. The van der Waals surface area contributed by atoms with Crippen molar-refractivity contribution in [3.05, 3.63) is 32.6 Å². The fourth-order valence-electron chi connectivity index (χ4n) is 2.78. The molecule has 1 aromatic heterocycles. The van der Waals surface area contributed by atoms with Crippen LogP contribution < -0.4 is 17.0 Å². The molecule has 1 aliphatic heterocycles. The van der Waals surface area contributed by atoms with Gasteiger partial charge in [0.15, 0.2) is 0 Å². The number of hydrogen-bond acceptors (Lipinski definition) is 6. The molecule has 10 heteroatoms. The molecule has 2 atom stereocenters. The lowest BCUT2D eigenvalue weighted by Gasteiger charge is -2.40. The van der Waals surface area contributed by atoms with Crippen LogP contribution in [0.4, 0.5) is 0 Å². The smallest absolute Gasteiger partial charge is 0.328 e. The summed E-state index contributed by atoms with van der Waals surface area (Å²) in [6.45, 7) is 3.64. The Morgan fingerprint density at radius 3 is 2.68 bits per heavy atom. The molecule has 2 heterocycles. The molecule has 0 spiro atoms. The number of nitrogens with zero attached hydrogens (tertiary/aromatic N) is 3. The van der Waals surface area contributed by atoms with Crippen molar-refractivity contribution < 1.29 is 14.7 Å². The summed E-state index contributed by atoms with van der Waals surface area (Å²) >= 11 is 0. The number of nitrogens with two attached hydrogens (primary N) is 1. The minimum atomic E-state index is -0.965. The average Bonchev–Trinajstić information content (AvgIpc) is 2.58. The highest BCUT2D eigenvalue weighted by Gasteiger charge is 2.31. The van der Waals surface area contributed by atoms with Crippen LogP contribution in [0.15, 0.2) is 15.8 Å². The van der Waals surface area contributed by atoms with Crippen molar-refractivity contribution in [1.82, 2.24) is 19.4 Å². The van der Waals surface area contributed by atoms with Crippen molar-refractivity contribution >= 4 is 11.8 Å². The molecular formula is C15H23N5O5. The number of H-pyrrole nitrogens is 1. The maximum absolute atomic E-state index is 12.4. The van der Waals surface area contributed by atoms with Gasteiger partial charge in [-0.2, -0.15) is 0 Å². The Labute approximate surface area is 143 Å². The van der Waals surface area contributed by atoms with E-state index in [0.29, 0.717) is 25.2 Å². The zero-order valence-corrected chi connectivity index (χ0v) is 14.3. The standard InChI is InChI=1S/C15H23N5O5/c1-9-5-19(15(25)17-13(9)23)7-12(22)18-3-4-20(10(2)6-18)14(24)11(16)8-21/h5,10-11,21H,3-4,6-8,16H2,1-2H3,(H,17,23,25). The molecule has 1 aliphatic rings. The second kappa shape index (κ2) is 7.62. The topological polar surface area (TPSA) is 142 Å². The highest BCUT2D eigenvalue weighted by molar-refractivity contribution is 5.82. The van der Waals surface area contributed by atoms with Crippen LogP contribution in [0.1, 0.15) is 12.5 Å². The predicted molar refractivity (Wildman–Crippen MR) is 88.9 cm³/mol. The molecule has 4 N–H and O–H groups in total. The highest BCUT2D eigenvalue weighted by atomic mass is 16.3. The Morgan fingerprint density at radius 2 is 2.08 bits per heavy atom. The summed E-state index contributed by atoms with van der Waals surface area (Å²) < 4.78 is 1.16. The monoisotopic (exact) mass is 353 g/mol. The molecule has 2 amide bonds. The first-order valence-corrected chi connectivity index (χ1v) is 7.99. The Balaban J connectivity index is 2.04. The summed E-state index contributed by atoms with van der Waals surface area (Å²) in [7, 11) is 0. The van der Waals surface area contributed by atoms with Gasteiger partial charge in [0.05, 0.1) is 6.61 Å². The lowest BCUT2D eigenvalue weighted by molar-refractivity contribution is -0.144. The number of aryl methyl sites for hydroxylation is 1. The van der Waals surface area contributed by atoms with Gasteiger partial charge < -0.3 is 20.6 Å². The summed E-state index contributed by atoms with van der Waals surface area (Å²) in [5.41, 5.74) is 4.79. The van der Waals surface area contributed by atoms with E-state index in [4.69, 9.17) is 10.8 Å². The van der Waals surface area contributed by atoms with Crippen LogP contribution in [-0.4, -0.2) is 74.6 Å². The van der Waals surface area contributed by atoms with Crippen molar-refractivity contribution in [3.8, 4) is 0 Å². The van der Waals surface area contributed by atoms with Crippen LogP contribution >= 0.6 is 0 Å². The first kappa shape index (κ1) is 18.9. The number of rotatable bonds is 4. The lowest BCUT2D eigenvalue weighted by Crippen LogP contribution is -2.59. The molecular weight excluding hydrogens is 330 g/mol. The zero-order chi connectivity index (χ0) is 18.7. The first-order valence-electron chi connectivity index (χ1n) is 7.99. The minimum absolute atomic E-state index is 0.187. The molecule has 25 heavy (non-hydrogen) atoms. The number of nitrogens with one attached hydrogen (secondary N) is 1. The summed E-state index contributed by atoms with van der Waals surface area (Å²) in [5, 5.41) is 9.00. The van der Waals surface area contributed by atoms with Crippen molar-refractivity contribution in [1.29, 1.82) is 0 Å². The Morgan fingerprint density at radius 1 is 1.40 bits per heavy atom. The van der Waals surface area contributed by atoms with E-state index in [2.05, 4.69) is 4.98 Å². The fourth-order valence-corrected chi connectivity index (χ4v) is 2.78. The molecule has 0 saturated carbocycles. The highest BCUT2D eigenvalue weighted by Crippen LogP contribution is 2.11. The lowest BCUT2D eigenvalue weighted by atomic mass is 10.1. The summed E-state index contributed by atoms with van der Waals surface area (Å²) in [6.07, 6.45) is 1.35. The van der Waals surface area contributed by atoms with Gasteiger partial charge in [0, 0.05) is 37.4 Å². The van der Waals surface area contributed by atoms with E-state index in [1.807, 2.05) is 0 Å². The van der Waals surface area contributed by atoms with Gasteiger partial charge in [-0.3, -0.25) is 23.9 Å².